The molecule has 0 aliphatic heterocycles. The van der Waals surface area contributed by atoms with Gasteiger partial charge < -0.3 is 20.3 Å². The van der Waals surface area contributed by atoms with Crippen molar-refractivity contribution in [3.63, 3.8) is 0 Å². The van der Waals surface area contributed by atoms with E-state index in [-0.39, 0.29) is 6.61 Å². The van der Waals surface area contributed by atoms with Gasteiger partial charge in [0.1, 0.15) is 0 Å². The molecule has 1 aliphatic rings. The van der Waals surface area contributed by atoms with Gasteiger partial charge in [0, 0.05) is 19.7 Å². The zero-order valence-electron chi connectivity index (χ0n) is 16.4. The summed E-state index contributed by atoms with van der Waals surface area (Å²) in [7, 11) is 0. The summed E-state index contributed by atoms with van der Waals surface area (Å²) in [6, 6.07) is 0. The third-order valence-corrected chi connectivity index (χ3v) is 5.35. The van der Waals surface area contributed by atoms with Crippen molar-refractivity contribution in [3.05, 3.63) is 0 Å². The Labute approximate surface area is 155 Å². The van der Waals surface area contributed by atoms with E-state index in [0.29, 0.717) is 19.7 Å². The average Bonchev–Trinajstić information content (AvgIpc) is 2.63. The Kier molecular flexibility index (Phi) is 15.8. The predicted octanol–water partition coefficient (Wildman–Crippen LogP) is 4.04. The molecule has 0 spiro atoms. The van der Waals surface area contributed by atoms with E-state index in [1.165, 1.54) is 83.5 Å². The van der Waals surface area contributed by atoms with Crippen LogP contribution in [0.15, 0.2) is 0 Å². The smallest absolute Gasteiger partial charge is 0.0897 e. The second-order valence-corrected chi connectivity index (χ2v) is 7.78. The molecule has 3 N–H and O–H groups in total. The molecule has 0 amide bonds. The maximum absolute atomic E-state index is 9.63. The molecule has 0 aromatic carbocycles. The van der Waals surface area contributed by atoms with E-state index in [0.717, 1.165) is 18.9 Å². The second-order valence-electron chi connectivity index (χ2n) is 7.78. The lowest BCUT2D eigenvalue weighted by atomic mass is 9.85. The topological polar surface area (TPSA) is 61.7 Å². The number of unbranched alkanes of at least 4 members (excludes halogenated alkanes) is 7. The molecule has 1 aliphatic carbocycles. The first-order valence-corrected chi connectivity index (χ1v) is 10.9. The van der Waals surface area contributed by atoms with Crippen LogP contribution in [0.3, 0.4) is 0 Å². The third kappa shape index (κ3) is 14.7. The molecule has 0 aromatic heterocycles. The highest BCUT2D eigenvalue weighted by Gasteiger charge is 2.12. The zero-order chi connectivity index (χ0) is 18.0. The van der Waals surface area contributed by atoms with Gasteiger partial charge in [-0.1, -0.05) is 83.5 Å². The molecule has 1 saturated carbocycles. The molecule has 25 heavy (non-hydrogen) atoms. The number of hydrogen-bond acceptors (Lipinski definition) is 4. The van der Waals surface area contributed by atoms with Crippen molar-refractivity contribution in [3.8, 4) is 0 Å². The maximum Gasteiger partial charge on any atom is 0.0897 e. The molecule has 4 nitrogen and oxygen atoms in total. The number of rotatable bonds is 17. The first kappa shape index (κ1) is 22.9. The summed E-state index contributed by atoms with van der Waals surface area (Å²) in [4.78, 5) is 0. The zero-order valence-corrected chi connectivity index (χ0v) is 16.4. The summed E-state index contributed by atoms with van der Waals surface area (Å²) in [6.07, 6.45) is 19.1. The molecule has 0 radical (unpaired) electrons. The van der Waals surface area contributed by atoms with Crippen molar-refractivity contribution in [2.24, 2.45) is 5.92 Å². The molecular formula is C21H43NO3. The predicted molar refractivity (Wildman–Crippen MR) is 105 cm³/mol. The van der Waals surface area contributed by atoms with E-state index in [4.69, 9.17) is 9.84 Å². The van der Waals surface area contributed by atoms with Crippen LogP contribution in [0.2, 0.25) is 0 Å². The first-order valence-electron chi connectivity index (χ1n) is 10.9. The van der Waals surface area contributed by atoms with Gasteiger partial charge in [0.05, 0.1) is 19.3 Å². The van der Waals surface area contributed by atoms with Crippen LogP contribution in [0.1, 0.15) is 89.9 Å². The van der Waals surface area contributed by atoms with Gasteiger partial charge in [-0.2, -0.15) is 0 Å². The molecule has 1 fully saturated rings. The van der Waals surface area contributed by atoms with Crippen LogP contribution in [-0.2, 0) is 4.74 Å². The third-order valence-electron chi connectivity index (χ3n) is 5.35. The van der Waals surface area contributed by atoms with E-state index >= 15 is 0 Å². The van der Waals surface area contributed by atoms with E-state index in [1.54, 1.807) is 0 Å². The molecule has 0 bridgehead atoms. The Bertz CT molecular complexity index is 270. The largest absolute Gasteiger partial charge is 0.395 e. The minimum atomic E-state index is -0.472. The summed E-state index contributed by atoms with van der Waals surface area (Å²) in [5.41, 5.74) is 0. The van der Waals surface area contributed by atoms with Crippen LogP contribution in [0.4, 0.5) is 0 Å². The van der Waals surface area contributed by atoms with Crippen LogP contribution in [0, 0.1) is 5.92 Å². The molecule has 0 saturated heterocycles. The molecule has 1 unspecified atom stereocenters. The fraction of sp³-hybridized carbons (Fsp3) is 1.00. The molecule has 1 rings (SSSR count). The van der Waals surface area contributed by atoms with E-state index in [9.17, 15) is 5.11 Å². The van der Waals surface area contributed by atoms with Crippen molar-refractivity contribution in [2.45, 2.75) is 96.0 Å². The van der Waals surface area contributed by atoms with Gasteiger partial charge in [-0.05, 0) is 12.3 Å². The number of ether oxygens (including phenoxy) is 1. The van der Waals surface area contributed by atoms with Gasteiger partial charge in [0.15, 0.2) is 0 Å². The summed E-state index contributed by atoms with van der Waals surface area (Å²) in [5, 5.41) is 21.2. The lowest BCUT2D eigenvalue weighted by Crippen LogP contribution is -2.32. The Morgan fingerprint density at radius 2 is 1.52 bits per heavy atom. The minimum absolute atomic E-state index is 0.105. The fourth-order valence-electron chi connectivity index (χ4n) is 3.80. The van der Waals surface area contributed by atoms with E-state index < -0.39 is 6.10 Å². The molecule has 150 valence electrons. The average molecular weight is 358 g/mol. The maximum atomic E-state index is 9.63. The molecule has 0 heterocycles. The monoisotopic (exact) mass is 357 g/mol. The highest BCUT2D eigenvalue weighted by molar-refractivity contribution is 4.65. The highest BCUT2D eigenvalue weighted by atomic mass is 16.5. The van der Waals surface area contributed by atoms with Gasteiger partial charge in [0.2, 0.25) is 0 Å². The summed E-state index contributed by atoms with van der Waals surface area (Å²) < 4.78 is 5.49. The Balaban J connectivity index is 1.71. The van der Waals surface area contributed by atoms with Gasteiger partial charge in [0.25, 0.3) is 0 Å². The van der Waals surface area contributed by atoms with Gasteiger partial charge in [-0.3, -0.25) is 0 Å². The lowest BCUT2D eigenvalue weighted by molar-refractivity contribution is 0.0350. The number of nitrogens with one attached hydrogen (secondary N) is 1. The highest BCUT2D eigenvalue weighted by Crippen LogP contribution is 2.28. The Morgan fingerprint density at radius 1 is 0.880 bits per heavy atom. The van der Waals surface area contributed by atoms with Crippen LogP contribution in [-0.4, -0.2) is 49.2 Å². The fourth-order valence-corrected chi connectivity index (χ4v) is 3.80. The van der Waals surface area contributed by atoms with Crippen molar-refractivity contribution in [1.82, 2.24) is 5.32 Å². The summed E-state index contributed by atoms with van der Waals surface area (Å²) in [6.45, 7) is 2.25. The summed E-state index contributed by atoms with van der Waals surface area (Å²) in [5.74, 6) is 1.05. The Hall–Kier alpha value is -0.160. The molecule has 1 atom stereocenters. The Morgan fingerprint density at radius 3 is 2.20 bits per heavy atom. The normalized spacial score (nSPS) is 17.0. The second kappa shape index (κ2) is 17.3. The van der Waals surface area contributed by atoms with Crippen LogP contribution < -0.4 is 5.32 Å². The van der Waals surface area contributed by atoms with Crippen molar-refractivity contribution >= 4 is 0 Å². The van der Waals surface area contributed by atoms with Gasteiger partial charge in [-0.25, -0.2) is 0 Å². The minimum Gasteiger partial charge on any atom is -0.395 e. The number of aliphatic hydroxyl groups is 2. The lowest BCUT2D eigenvalue weighted by Gasteiger charge is -2.21. The quantitative estimate of drug-likeness (QED) is 0.344. The SMILES string of the molecule is OCCNCC(O)COCCCCCCCCCCC1CCCCC1. The van der Waals surface area contributed by atoms with Crippen molar-refractivity contribution < 1.29 is 14.9 Å². The standard InChI is InChI=1S/C21H43NO3/c23-16-15-22-18-21(24)19-25-17-11-6-4-2-1-3-5-8-12-20-13-9-7-10-14-20/h20-24H,1-19H2. The van der Waals surface area contributed by atoms with Gasteiger partial charge >= 0.3 is 0 Å². The van der Waals surface area contributed by atoms with E-state index in [1.807, 2.05) is 0 Å². The van der Waals surface area contributed by atoms with E-state index in [2.05, 4.69) is 5.32 Å². The first-order chi connectivity index (χ1) is 12.3. The van der Waals surface area contributed by atoms with Crippen molar-refractivity contribution in [1.29, 1.82) is 0 Å². The summed E-state index contributed by atoms with van der Waals surface area (Å²) >= 11 is 0. The van der Waals surface area contributed by atoms with Crippen molar-refractivity contribution in [2.75, 3.05) is 32.9 Å². The number of aliphatic hydroxyl groups excluding tert-OH is 2. The molecule has 0 aromatic rings. The van der Waals surface area contributed by atoms with Crippen LogP contribution in [0.25, 0.3) is 0 Å². The molecular weight excluding hydrogens is 314 g/mol. The molecule has 4 heteroatoms. The van der Waals surface area contributed by atoms with Crippen LogP contribution in [0.5, 0.6) is 0 Å². The van der Waals surface area contributed by atoms with Gasteiger partial charge in [-0.15, -0.1) is 0 Å². The number of hydrogen-bond donors (Lipinski definition) is 3. The van der Waals surface area contributed by atoms with Crippen LogP contribution >= 0.6 is 0 Å².